The minimum Gasteiger partial charge on any atom is -0.443 e. The highest BCUT2D eigenvalue weighted by molar-refractivity contribution is 14.0. The van der Waals surface area contributed by atoms with Gasteiger partial charge in [-0.1, -0.05) is 57.2 Å². The fourth-order valence-corrected chi connectivity index (χ4v) is 3.49. The van der Waals surface area contributed by atoms with Gasteiger partial charge in [0.1, 0.15) is 5.76 Å². The Morgan fingerprint density at radius 2 is 1.74 bits per heavy atom. The molecule has 2 aromatic heterocycles. The van der Waals surface area contributed by atoms with Gasteiger partial charge in [0.15, 0.2) is 5.96 Å². The van der Waals surface area contributed by atoms with Gasteiger partial charge in [-0.25, -0.2) is 15.0 Å². The van der Waals surface area contributed by atoms with Gasteiger partial charge in [0.2, 0.25) is 5.89 Å². The van der Waals surface area contributed by atoms with E-state index in [1.165, 1.54) is 5.56 Å². The molecule has 2 heterocycles. The Labute approximate surface area is 218 Å². The minimum absolute atomic E-state index is 0. The summed E-state index contributed by atoms with van der Waals surface area (Å²) in [4.78, 5) is 13.6. The van der Waals surface area contributed by atoms with E-state index in [-0.39, 0.29) is 29.4 Å². The van der Waals surface area contributed by atoms with E-state index in [0.29, 0.717) is 19.0 Å². The first-order valence-electron chi connectivity index (χ1n) is 11.4. The number of benzene rings is 2. The standard InChI is InChI=1S/C26H32N6O.HI/c1-5-27-25(30-16-24-28-15-23(33-24)26(2,3)4)29-14-19-10-12-20(13-11-19)17-32-18-31-21-8-6-7-9-22(21)32;/h6-13,15,18H,5,14,16-17H2,1-4H3,(H2,27,29,30);1H. The molecule has 0 amide bonds. The van der Waals surface area contributed by atoms with Crippen molar-refractivity contribution in [2.75, 3.05) is 6.54 Å². The van der Waals surface area contributed by atoms with Gasteiger partial charge in [-0.3, -0.25) is 0 Å². The highest BCUT2D eigenvalue weighted by Gasteiger charge is 2.19. The molecule has 0 fully saturated rings. The Bertz CT molecular complexity index is 1220. The normalized spacial score (nSPS) is 11.9. The van der Waals surface area contributed by atoms with Gasteiger partial charge in [-0.15, -0.1) is 24.0 Å². The van der Waals surface area contributed by atoms with E-state index in [9.17, 15) is 0 Å². The number of aliphatic imine (C=N–C) groups is 1. The number of hydrogen-bond donors (Lipinski definition) is 2. The van der Waals surface area contributed by atoms with Gasteiger partial charge in [-0.2, -0.15) is 0 Å². The molecule has 0 unspecified atom stereocenters. The van der Waals surface area contributed by atoms with Crippen LogP contribution in [0.2, 0.25) is 0 Å². The van der Waals surface area contributed by atoms with E-state index in [2.05, 4.69) is 83.2 Å². The molecule has 2 N–H and O–H groups in total. The maximum absolute atomic E-state index is 5.86. The van der Waals surface area contributed by atoms with Crippen molar-refractivity contribution in [2.24, 2.45) is 4.99 Å². The molecule has 0 saturated carbocycles. The molecule has 2 aromatic carbocycles. The third-order valence-electron chi connectivity index (χ3n) is 5.37. The average molecular weight is 572 g/mol. The van der Waals surface area contributed by atoms with Crippen LogP contribution in [0.25, 0.3) is 11.0 Å². The quantitative estimate of drug-likeness (QED) is 0.180. The zero-order valence-corrected chi connectivity index (χ0v) is 22.5. The molecule has 0 aliphatic heterocycles. The van der Waals surface area contributed by atoms with Crippen molar-refractivity contribution in [3.63, 3.8) is 0 Å². The molecular weight excluding hydrogens is 539 g/mol. The van der Waals surface area contributed by atoms with Crippen molar-refractivity contribution >= 4 is 41.0 Å². The van der Waals surface area contributed by atoms with Crippen LogP contribution in [-0.2, 0) is 25.0 Å². The molecule has 0 bridgehead atoms. The van der Waals surface area contributed by atoms with E-state index < -0.39 is 0 Å². The van der Waals surface area contributed by atoms with Gasteiger partial charge in [0.25, 0.3) is 0 Å². The summed E-state index contributed by atoms with van der Waals surface area (Å²) in [5.74, 6) is 2.27. The lowest BCUT2D eigenvalue weighted by Crippen LogP contribution is -2.36. The van der Waals surface area contributed by atoms with E-state index in [1.54, 1.807) is 6.20 Å². The van der Waals surface area contributed by atoms with Crippen LogP contribution in [0.3, 0.4) is 0 Å². The molecule has 180 valence electrons. The number of fused-ring (bicyclic) bond motifs is 1. The number of nitrogens with zero attached hydrogens (tertiary/aromatic N) is 4. The number of guanidine groups is 1. The predicted molar refractivity (Wildman–Crippen MR) is 148 cm³/mol. The first-order valence-corrected chi connectivity index (χ1v) is 11.4. The molecule has 8 heteroatoms. The molecule has 4 aromatic rings. The molecule has 0 aliphatic rings. The molecule has 0 atom stereocenters. The molecule has 7 nitrogen and oxygen atoms in total. The number of hydrogen-bond acceptors (Lipinski definition) is 4. The average Bonchev–Trinajstić information content (AvgIpc) is 3.44. The van der Waals surface area contributed by atoms with Gasteiger partial charge in [0, 0.05) is 18.5 Å². The highest BCUT2D eigenvalue weighted by Crippen LogP contribution is 2.22. The lowest BCUT2D eigenvalue weighted by molar-refractivity contribution is 0.379. The summed E-state index contributed by atoms with van der Waals surface area (Å²) in [5.41, 5.74) is 4.49. The summed E-state index contributed by atoms with van der Waals surface area (Å²) in [6.45, 7) is 11.0. The second-order valence-corrected chi connectivity index (χ2v) is 9.09. The van der Waals surface area contributed by atoms with Gasteiger partial charge >= 0.3 is 0 Å². The molecule has 0 saturated heterocycles. The summed E-state index contributed by atoms with van der Waals surface area (Å²) in [6, 6.07) is 16.8. The lowest BCUT2D eigenvalue weighted by Gasteiger charge is -2.13. The Morgan fingerprint density at radius 3 is 2.44 bits per heavy atom. The fourth-order valence-electron chi connectivity index (χ4n) is 3.49. The summed E-state index contributed by atoms with van der Waals surface area (Å²) >= 11 is 0. The lowest BCUT2D eigenvalue weighted by atomic mass is 9.94. The van der Waals surface area contributed by atoms with Crippen molar-refractivity contribution in [2.45, 2.75) is 52.7 Å². The Hall–Kier alpha value is -2.88. The van der Waals surface area contributed by atoms with Crippen LogP contribution in [0, 0.1) is 0 Å². The summed E-state index contributed by atoms with van der Waals surface area (Å²) in [6.07, 6.45) is 3.70. The Balaban J connectivity index is 0.00000324. The first kappa shape index (κ1) is 25.7. The van der Waals surface area contributed by atoms with Gasteiger partial charge in [-0.05, 0) is 30.2 Å². The number of oxazole rings is 1. The van der Waals surface area contributed by atoms with Crippen molar-refractivity contribution in [3.05, 3.63) is 83.8 Å². The Kier molecular flexibility index (Phi) is 8.71. The topological polar surface area (TPSA) is 80.3 Å². The van der Waals surface area contributed by atoms with E-state index in [4.69, 9.17) is 9.41 Å². The minimum atomic E-state index is -0.0546. The highest BCUT2D eigenvalue weighted by atomic mass is 127. The van der Waals surface area contributed by atoms with Crippen LogP contribution in [0.5, 0.6) is 0 Å². The monoisotopic (exact) mass is 572 g/mol. The third-order valence-corrected chi connectivity index (χ3v) is 5.37. The van der Waals surface area contributed by atoms with Crippen molar-refractivity contribution in [1.82, 2.24) is 25.2 Å². The van der Waals surface area contributed by atoms with Crippen molar-refractivity contribution in [3.8, 4) is 0 Å². The molecule has 0 spiro atoms. The van der Waals surface area contributed by atoms with Crippen LogP contribution in [-0.4, -0.2) is 27.0 Å². The van der Waals surface area contributed by atoms with Gasteiger partial charge < -0.3 is 19.6 Å². The third kappa shape index (κ3) is 6.59. The number of para-hydroxylation sites is 2. The largest absolute Gasteiger partial charge is 0.443 e. The molecule has 34 heavy (non-hydrogen) atoms. The predicted octanol–water partition coefficient (Wildman–Crippen LogP) is 5.24. The zero-order valence-electron chi connectivity index (χ0n) is 20.2. The summed E-state index contributed by atoms with van der Waals surface area (Å²) in [7, 11) is 0. The SMILES string of the molecule is CCNC(=NCc1ccc(Cn2cnc3ccccc32)cc1)NCc1ncc(C(C)(C)C)o1.I. The number of halogens is 1. The maximum atomic E-state index is 5.86. The number of aromatic nitrogens is 3. The Morgan fingerprint density at radius 1 is 1.00 bits per heavy atom. The maximum Gasteiger partial charge on any atom is 0.213 e. The smallest absolute Gasteiger partial charge is 0.213 e. The second-order valence-electron chi connectivity index (χ2n) is 9.09. The van der Waals surface area contributed by atoms with Gasteiger partial charge in [0.05, 0.1) is 36.6 Å². The van der Waals surface area contributed by atoms with Crippen LogP contribution in [0.1, 0.15) is 50.5 Å². The van der Waals surface area contributed by atoms with Crippen molar-refractivity contribution in [1.29, 1.82) is 0 Å². The van der Waals surface area contributed by atoms with Crippen LogP contribution in [0.15, 0.2) is 70.5 Å². The molecule has 0 aliphatic carbocycles. The van der Waals surface area contributed by atoms with Crippen molar-refractivity contribution < 1.29 is 4.42 Å². The molecule has 4 rings (SSSR count). The zero-order chi connectivity index (χ0) is 23.3. The van der Waals surface area contributed by atoms with Crippen LogP contribution >= 0.6 is 24.0 Å². The molecule has 0 radical (unpaired) electrons. The van der Waals surface area contributed by atoms with Crippen LogP contribution in [0.4, 0.5) is 0 Å². The van der Waals surface area contributed by atoms with E-state index >= 15 is 0 Å². The van der Waals surface area contributed by atoms with Crippen LogP contribution < -0.4 is 10.6 Å². The number of rotatable bonds is 7. The van der Waals surface area contributed by atoms with E-state index in [0.717, 1.165) is 41.4 Å². The molecular formula is C26H33IN6O. The fraction of sp³-hybridized carbons (Fsp3) is 0.346. The number of nitrogens with one attached hydrogen (secondary N) is 2. The second kappa shape index (κ2) is 11.5. The number of imidazole rings is 1. The van der Waals surface area contributed by atoms with E-state index in [1.807, 2.05) is 24.5 Å². The summed E-state index contributed by atoms with van der Waals surface area (Å²) in [5, 5.41) is 6.58. The summed E-state index contributed by atoms with van der Waals surface area (Å²) < 4.78 is 8.03. The first-order chi connectivity index (χ1) is 15.9.